The molecular weight excluding hydrogens is 314 g/mol. The fraction of sp³-hybridized carbons (Fsp3) is 0.462. The van der Waals surface area contributed by atoms with Crippen molar-refractivity contribution in [3.63, 3.8) is 0 Å². The Kier molecular flexibility index (Phi) is 6.00. The number of nitrogens with one attached hydrogen (secondary N) is 1. The molecule has 0 aliphatic carbocycles. The summed E-state index contributed by atoms with van der Waals surface area (Å²) in [7, 11) is -2.44. The van der Waals surface area contributed by atoms with E-state index in [0.29, 0.717) is 12.5 Å². The average molecular weight is 334 g/mol. The van der Waals surface area contributed by atoms with Crippen molar-refractivity contribution in [2.75, 3.05) is 25.9 Å². The van der Waals surface area contributed by atoms with E-state index in [1.807, 2.05) is 13.8 Å². The lowest BCUT2D eigenvalue weighted by molar-refractivity contribution is -0.121. The van der Waals surface area contributed by atoms with Crippen LogP contribution in [-0.4, -0.2) is 38.8 Å². The maximum atomic E-state index is 12.3. The van der Waals surface area contributed by atoms with Crippen molar-refractivity contribution in [2.45, 2.75) is 18.7 Å². The largest absolute Gasteiger partial charge is 0.397 e. The van der Waals surface area contributed by atoms with E-state index in [1.54, 1.807) is 0 Å². The molecule has 0 atom stereocenters. The van der Waals surface area contributed by atoms with Gasteiger partial charge in [0.25, 0.3) is 0 Å². The van der Waals surface area contributed by atoms with Crippen LogP contribution >= 0.6 is 11.6 Å². The molecule has 0 fully saturated rings. The van der Waals surface area contributed by atoms with Crippen LogP contribution in [0.4, 0.5) is 5.69 Å². The highest BCUT2D eigenvalue weighted by molar-refractivity contribution is 7.89. The lowest BCUT2D eigenvalue weighted by Gasteiger charge is -2.17. The maximum absolute atomic E-state index is 12.3. The standard InChI is InChI=1S/C13H20ClN3O3S/c1-9(2)7-16-13(18)8-17(3)21(19,20)10-4-5-11(14)12(15)6-10/h4-6,9H,7-8,15H2,1-3H3,(H,16,18). The van der Waals surface area contributed by atoms with Crippen molar-refractivity contribution in [3.8, 4) is 0 Å². The second kappa shape index (κ2) is 7.11. The second-order valence-corrected chi connectivity index (χ2v) is 7.59. The number of nitrogens with two attached hydrogens (primary N) is 1. The summed E-state index contributed by atoms with van der Waals surface area (Å²) in [5.74, 6) is -0.0522. The molecule has 6 nitrogen and oxygen atoms in total. The van der Waals surface area contributed by atoms with Gasteiger partial charge in [-0.05, 0) is 24.1 Å². The maximum Gasteiger partial charge on any atom is 0.243 e. The van der Waals surface area contributed by atoms with Crippen LogP contribution in [0, 0.1) is 5.92 Å². The lowest BCUT2D eigenvalue weighted by atomic mass is 10.2. The first-order chi connectivity index (χ1) is 9.64. The summed E-state index contributed by atoms with van der Waals surface area (Å²) in [6.45, 7) is 4.16. The van der Waals surface area contributed by atoms with E-state index < -0.39 is 10.0 Å². The van der Waals surface area contributed by atoms with Gasteiger partial charge in [-0.1, -0.05) is 25.4 Å². The van der Waals surface area contributed by atoms with Crippen LogP contribution in [0.5, 0.6) is 0 Å². The van der Waals surface area contributed by atoms with Gasteiger partial charge < -0.3 is 11.1 Å². The molecule has 0 radical (unpaired) electrons. The van der Waals surface area contributed by atoms with Crippen LogP contribution in [-0.2, 0) is 14.8 Å². The van der Waals surface area contributed by atoms with Gasteiger partial charge in [-0.3, -0.25) is 4.79 Å². The number of benzene rings is 1. The van der Waals surface area contributed by atoms with Gasteiger partial charge in [0.1, 0.15) is 0 Å². The molecule has 1 aromatic carbocycles. The highest BCUT2D eigenvalue weighted by Gasteiger charge is 2.23. The summed E-state index contributed by atoms with van der Waals surface area (Å²) >= 11 is 5.77. The molecule has 1 aromatic rings. The van der Waals surface area contributed by atoms with E-state index in [4.69, 9.17) is 17.3 Å². The molecule has 0 spiro atoms. The zero-order chi connectivity index (χ0) is 16.2. The van der Waals surface area contributed by atoms with Gasteiger partial charge in [0.05, 0.1) is 22.2 Å². The minimum atomic E-state index is -3.78. The van der Waals surface area contributed by atoms with Crippen LogP contribution in [0.1, 0.15) is 13.8 Å². The molecule has 21 heavy (non-hydrogen) atoms. The Morgan fingerprint density at radius 2 is 2.05 bits per heavy atom. The Hall–Kier alpha value is -1.31. The quantitative estimate of drug-likeness (QED) is 0.768. The molecule has 0 saturated heterocycles. The smallest absolute Gasteiger partial charge is 0.243 e. The first-order valence-electron chi connectivity index (χ1n) is 6.42. The van der Waals surface area contributed by atoms with E-state index in [-0.39, 0.29) is 28.1 Å². The highest BCUT2D eigenvalue weighted by atomic mass is 35.5. The number of anilines is 1. The van der Waals surface area contributed by atoms with Crippen molar-refractivity contribution in [2.24, 2.45) is 5.92 Å². The van der Waals surface area contributed by atoms with Crippen molar-refractivity contribution < 1.29 is 13.2 Å². The van der Waals surface area contributed by atoms with Gasteiger partial charge in [0.15, 0.2) is 0 Å². The Bertz CT molecular complexity index is 617. The third-order valence-corrected chi connectivity index (χ3v) is 4.89. The molecule has 0 aromatic heterocycles. The average Bonchev–Trinajstić information content (AvgIpc) is 2.39. The van der Waals surface area contributed by atoms with E-state index >= 15 is 0 Å². The molecule has 3 N–H and O–H groups in total. The predicted octanol–water partition coefficient (Wildman–Crippen LogP) is 1.31. The second-order valence-electron chi connectivity index (χ2n) is 5.14. The molecule has 1 rings (SSSR count). The van der Waals surface area contributed by atoms with Gasteiger partial charge in [0.2, 0.25) is 15.9 Å². The molecule has 1 amide bonds. The van der Waals surface area contributed by atoms with Gasteiger partial charge in [-0.25, -0.2) is 8.42 Å². The normalized spacial score (nSPS) is 11.9. The molecular formula is C13H20ClN3O3S. The number of rotatable bonds is 6. The van der Waals surface area contributed by atoms with Crippen molar-refractivity contribution in [3.05, 3.63) is 23.2 Å². The zero-order valence-corrected chi connectivity index (χ0v) is 13.8. The third-order valence-electron chi connectivity index (χ3n) is 2.75. The number of carbonyl (C=O) groups excluding carboxylic acids is 1. The summed E-state index contributed by atoms with van der Waals surface area (Å²) in [5, 5.41) is 2.95. The number of hydrogen-bond donors (Lipinski definition) is 2. The van der Waals surface area contributed by atoms with Gasteiger partial charge in [-0.15, -0.1) is 0 Å². The summed E-state index contributed by atoms with van der Waals surface area (Å²) in [6, 6.07) is 4.05. The number of amides is 1. The predicted molar refractivity (Wildman–Crippen MR) is 83.5 cm³/mol. The highest BCUT2D eigenvalue weighted by Crippen LogP contribution is 2.23. The number of sulfonamides is 1. The Morgan fingerprint density at radius 3 is 2.57 bits per heavy atom. The van der Waals surface area contributed by atoms with E-state index in [9.17, 15) is 13.2 Å². The minimum absolute atomic E-state index is 0.00330. The first kappa shape index (κ1) is 17.7. The van der Waals surface area contributed by atoms with E-state index in [1.165, 1.54) is 25.2 Å². The molecule has 0 aliphatic rings. The van der Waals surface area contributed by atoms with Crippen LogP contribution < -0.4 is 11.1 Å². The van der Waals surface area contributed by atoms with Crippen LogP contribution in [0.3, 0.4) is 0 Å². The third kappa shape index (κ3) is 4.87. The van der Waals surface area contributed by atoms with Gasteiger partial charge in [0, 0.05) is 13.6 Å². The molecule has 0 aliphatic heterocycles. The van der Waals surface area contributed by atoms with Crippen molar-refractivity contribution in [1.82, 2.24) is 9.62 Å². The SMILES string of the molecule is CC(C)CNC(=O)CN(C)S(=O)(=O)c1ccc(Cl)c(N)c1. The van der Waals surface area contributed by atoms with Gasteiger partial charge in [-0.2, -0.15) is 4.31 Å². The summed E-state index contributed by atoms with van der Waals surface area (Å²) in [4.78, 5) is 11.7. The molecule has 0 bridgehead atoms. The van der Waals surface area contributed by atoms with Gasteiger partial charge >= 0.3 is 0 Å². The molecule has 0 heterocycles. The number of carbonyl (C=O) groups is 1. The van der Waals surface area contributed by atoms with Crippen LogP contribution in [0.15, 0.2) is 23.1 Å². The summed E-state index contributed by atoms with van der Waals surface area (Å²) in [6.07, 6.45) is 0. The fourth-order valence-electron chi connectivity index (χ4n) is 1.52. The monoisotopic (exact) mass is 333 g/mol. The molecule has 0 saturated carbocycles. The Labute approximate surface area is 130 Å². The molecule has 0 unspecified atom stereocenters. The number of nitrogens with zero attached hydrogens (tertiary/aromatic N) is 1. The topological polar surface area (TPSA) is 92.5 Å². The Morgan fingerprint density at radius 1 is 1.43 bits per heavy atom. The first-order valence-corrected chi connectivity index (χ1v) is 8.24. The number of halogens is 1. The Balaban J connectivity index is 2.82. The lowest BCUT2D eigenvalue weighted by Crippen LogP contribution is -2.39. The van der Waals surface area contributed by atoms with E-state index in [0.717, 1.165) is 4.31 Å². The van der Waals surface area contributed by atoms with Crippen molar-refractivity contribution in [1.29, 1.82) is 0 Å². The van der Waals surface area contributed by atoms with E-state index in [2.05, 4.69) is 5.32 Å². The van der Waals surface area contributed by atoms with Crippen LogP contribution in [0.25, 0.3) is 0 Å². The number of hydrogen-bond acceptors (Lipinski definition) is 4. The number of nitrogen functional groups attached to an aromatic ring is 1. The van der Waals surface area contributed by atoms with Crippen LogP contribution in [0.2, 0.25) is 5.02 Å². The minimum Gasteiger partial charge on any atom is -0.397 e. The summed E-state index contributed by atoms with van der Waals surface area (Å²) in [5.41, 5.74) is 5.78. The molecule has 118 valence electrons. The number of likely N-dealkylation sites (N-methyl/N-ethyl adjacent to an activating group) is 1. The molecule has 8 heteroatoms. The zero-order valence-electron chi connectivity index (χ0n) is 12.3. The fourth-order valence-corrected chi connectivity index (χ4v) is 2.80. The van der Waals surface area contributed by atoms with Crippen molar-refractivity contribution >= 4 is 33.2 Å². The summed E-state index contributed by atoms with van der Waals surface area (Å²) < 4.78 is 25.6.